The lowest BCUT2D eigenvalue weighted by Crippen LogP contribution is -2.44. The van der Waals surface area contributed by atoms with Crippen LogP contribution >= 0.6 is 0 Å². The quantitative estimate of drug-likeness (QED) is 0.916. The summed E-state index contributed by atoms with van der Waals surface area (Å²) in [6.07, 6.45) is 8.06. The van der Waals surface area contributed by atoms with Crippen LogP contribution < -0.4 is 5.32 Å². The molecule has 21 heavy (non-hydrogen) atoms. The van der Waals surface area contributed by atoms with Crippen LogP contribution in [0, 0.1) is 5.92 Å². The Kier molecular flexibility index (Phi) is 3.76. The van der Waals surface area contributed by atoms with E-state index in [1.807, 2.05) is 0 Å². The predicted molar refractivity (Wildman–Crippen MR) is 87.6 cm³/mol. The van der Waals surface area contributed by atoms with E-state index in [0.717, 1.165) is 12.0 Å². The summed E-state index contributed by atoms with van der Waals surface area (Å²) in [5.74, 6) is 0.888. The predicted octanol–water partition coefficient (Wildman–Crippen LogP) is 3.31. The van der Waals surface area contributed by atoms with Crippen molar-refractivity contribution < 1.29 is 0 Å². The number of hydrogen-bond acceptors (Lipinski definition) is 2. The van der Waals surface area contributed by atoms with Gasteiger partial charge in [0.05, 0.1) is 0 Å². The molecule has 1 aromatic rings. The maximum absolute atomic E-state index is 3.94. The van der Waals surface area contributed by atoms with Crippen LogP contribution in [-0.2, 0) is 12.8 Å². The number of aryl methyl sites for hydroxylation is 2. The summed E-state index contributed by atoms with van der Waals surface area (Å²) < 4.78 is 0. The van der Waals surface area contributed by atoms with Crippen molar-refractivity contribution in [2.75, 3.05) is 19.6 Å². The fourth-order valence-electron chi connectivity index (χ4n) is 4.61. The molecule has 1 N–H and O–H groups in total. The van der Waals surface area contributed by atoms with E-state index in [1.54, 1.807) is 11.1 Å². The minimum atomic E-state index is 0.495. The molecule has 2 saturated heterocycles. The molecule has 0 saturated carbocycles. The summed E-state index contributed by atoms with van der Waals surface area (Å²) in [7, 11) is 0. The molecule has 0 spiro atoms. The van der Waals surface area contributed by atoms with Gasteiger partial charge in [0.25, 0.3) is 0 Å². The monoisotopic (exact) mass is 284 g/mol. The lowest BCUT2D eigenvalue weighted by Gasteiger charge is -2.33. The van der Waals surface area contributed by atoms with Gasteiger partial charge in [0.15, 0.2) is 0 Å². The number of piperidine rings is 1. The number of rotatable bonds is 3. The van der Waals surface area contributed by atoms with Crippen molar-refractivity contribution in [3.63, 3.8) is 0 Å². The average molecular weight is 284 g/mol. The molecule has 3 aliphatic rings. The van der Waals surface area contributed by atoms with Gasteiger partial charge in [0.1, 0.15) is 0 Å². The van der Waals surface area contributed by atoms with Crippen LogP contribution in [-0.4, -0.2) is 30.6 Å². The molecule has 4 atom stereocenters. The van der Waals surface area contributed by atoms with E-state index in [9.17, 15) is 0 Å². The number of nitrogens with one attached hydrogen (secondary N) is 1. The minimum absolute atomic E-state index is 0.495. The standard InChI is InChI=1S/C19H28N2/c1-14(20-19-9-11-21-10-8-18(19)13-21)16-7-6-15-4-2-3-5-17(15)12-16/h6-7,12,14,18-20H,2-5,8-11,13H2,1H3. The first kappa shape index (κ1) is 13.8. The molecule has 2 bridgehead atoms. The molecule has 0 radical (unpaired) electrons. The highest BCUT2D eigenvalue weighted by Gasteiger charge is 2.34. The van der Waals surface area contributed by atoms with Crippen LogP contribution in [0.5, 0.6) is 0 Å². The Labute approximate surface area is 128 Å². The van der Waals surface area contributed by atoms with Crippen LogP contribution in [0.4, 0.5) is 0 Å². The van der Waals surface area contributed by atoms with Crippen molar-refractivity contribution in [2.45, 2.75) is 57.5 Å². The number of hydrogen-bond donors (Lipinski definition) is 1. The first-order chi connectivity index (χ1) is 10.3. The summed E-state index contributed by atoms with van der Waals surface area (Å²) in [5, 5.41) is 3.94. The van der Waals surface area contributed by atoms with Gasteiger partial charge in [-0.1, -0.05) is 18.2 Å². The summed E-state index contributed by atoms with van der Waals surface area (Å²) >= 11 is 0. The van der Waals surface area contributed by atoms with Gasteiger partial charge in [-0.25, -0.2) is 0 Å². The van der Waals surface area contributed by atoms with Crippen molar-refractivity contribution in [1.82, 2.24) is 10.2 Å². The third kappa shape index (κ3) is 2.76. The molecule has 2 fully saturated rings. The normalized spacial score (nSPS) is 32.7. The lowest BCUT2D eigenvalue weighted by molar-refractivity contribution is 0.212. The average Bonchev–Trinajstić information content (AvgIpc) is 2.92. The van der Waals surface area contributed by atoms with Gasteiger partial charge in [-0.3, -0.25) is 0 Å². The summed E-state index contributed by atoms with van der Waals surface area (Å²) in [4.78, 5) is 2.63. The van der Waals surface area contributed by atoms with E-state index in [0.29, 0.717) is 6.04 Å². The molecular weight excluding hydrogens is 256 g/mol. The first-order valence-corrected chi connectivity index (χ1v) is 8.90. The lowest BCUT2D eigenvalue weighted by atomic mass is 9.88. The highest BCUT2D eigenvalue weighted by atomic mass is 15.2. The van der Waals surface area contributed by atoms with Gasteiger partial charge < -0.3 is 10.2 Å². The Morgan fingerprint density at radius 3 is 2.81 bits per heavy atom. The van der Waals surface area contributed by atoms with Crippen molar-refractivity contribution in [1.29, 1.82) is 0 Å². The van der Waals surface area contributed by atoms with Crippen molar-refractivity contribution in [3.8, 4) is 0 Å². The number of nitrogens with zero attached hydrogens (tertiary/aromatic N) is 1. The summed E-state index contributed by atoms with van der Waals surface area (Å²) in [6.45, 7) is 6.31. The maximum Gasteiger partial charge on any atom is 0.0294 e. The van der Waals surface area contributed by atoms with Crippen LogP contribution in [0.2, 0.25) is 0 Å². The van der Waals surface area contributed by atoms with Crippen LogP contribution in [0.25, 0.3) is 0 Å². The molecule has 114 valence electrons. The first-order valence-electron chi connectivity index (χ1n) is 8.90. The number of benzene rings is 1. The van der Waals surface area contributed by atoms with E-state index in [2.05, 4.69) is 35.3 Å². The maximum atomic E-state index is 3.94. The van der Waals surface area contributed by atoms with Crippen LogP contribution in [0.3, 0.4) is 0 Å². The fourth-order valence-corrected chi connectivity index (χ4v) is 4.61. The van der Waals surface area contributed by atoms with Crippen molar-refractivity contribution in [3.05, 3.63) is 34.9 Å². The second kappa shape index (κ2) is 5.73. The smallest absolute Gasteiger partial charge is 0.0294 e. The minimum Gasteiger partial charge on any atom is -0.307 e. The zero-order valence-electron chi connectivity index (χ0n) is 13.3. The van der Waals surface area contributed by atoms with Gasteiger partial charge in [-0.2, -0.15) is 0 Å². The zero-order valence-corrected chi connectivity index (χ0v) is 13.3. The molecule has 1 aliphatic carbocycles. The molecule has 4 unspecified atom stereocenters. The van der Waals surface area contributed by atoms with E-state index in [-0.39, 0.29) is 0 Å². The molecule has 2 heterocycles. The highest BCUT2D eigenvalue weighted by molar-refractivity contribution is 5.35. The van der Waals surface area contributed by atoms with Gasteiger partial charge >= 0.3 is 0 Å². The third-order valence-corrected chi connectivity index (χ3v) is 5.97. The Morgan fingerprint density at radius 1 is 1.10 bits per heavy atom. The molecule has 1 aromatic carbocycles. The highest BCUT2D eigenvalue weighted by Crippen LogP contribution is 2.30. The second-order valence-corrected chi connectivity index (χ2v) is 7.37. The van der Waals surface area contributed by atoms with E-state index in [4.69, 9.17) is 0 Å². The molecule has 4 rings (SSSR count). The molecule has 2 heteroatoms. The number of fused-ring (bicyclic) bond motifs is 3. The van der Waals surface area contributed by atoms with Gasteiger partial charge in [0.2, 0.25) is 0 Å². The Bertz CT molecular complexity index is 510. The second-order valence-electron chi connectivity index (χ2n) is 7.37. The third-order valence-electron chi connectivity index (χ3n) is 5.97. The SMILES string of the molecule is CC(NC1CCN2CCC1C2)c1ccc2c(c1)CCCC2. The molecular formula is C19H28N2. The van der Waals surface area contributed by atoms with Gasteiger partial charge in [0, 0.05) is 18.6 Å². The van der Waals surface area contributed by atoms with Crippen LogP contribution in [0.1, 0.15) is 55.3 Å². The molecule has 0 amide bonds. The van der Waals surface area contributed by atoms with E-state index < -0.39 is 0 Å². The Balaban J connectivity index is 1.45. The van der Waals surface area contributed by atoms with Gasteiger partial charge in [-0.15, -0.1) is 0 Å². The molecule has 0 aromatic heterocycles. The Morgan fingerprint density at radius 2 is 1.90 bits per heavy atom. The van der Waals surface area contributed by atoms with Crippen LogP contribution in [0.15, 0.2) is 18.2 Å². The van der Waals surface area contributed by atoms with E-state index >= 15 is 0 Å². The summed E-state index contributed by atoms with van der Waals surface area (Å²) in [6, 6.07) is 8.46. The fraction of sp³-hybridized carbons (Fsp3) is 0.684. The molecule has 2 nitrogen and oxygen atoms in total. The zero-order chi connectivity index (χ0) is 14.2. The van der Waals surface area contributed by atoms with Crippen molar-refractivity contribution in [2.24, 2.45) is 5.92 Å². The molecule has 2 aliphatic heterocycles. The van der Waals surface area contributed by atoms with E-state index in [1.165, 1.54) is 63.7 Å². The van der Waals surface area contributed by atoms with Gasteiger partial charge in [-0.05, 0) is 81.1 Å². The largest absolute Gasteiger partial charge is 0.307 e. The Hall–Kier alpha value is -0.860. The van der Waals surface area contributed by atoms with Crippen molar-refractivity contribution >= 4 is 0 Å². The topological polar surface area (TPSA) is 15.3 Å². The summed E-state index contributed by atoms with van der Waals surface area (Å²) in [5.41, 5.74) is 4.71.